The number of aromatic amines is 1. The first-order chi connectivity index (χ1) is 10.3. The number of aliphatic hydroxyl groups is 1. The number of nitrogens with zero attached hydrogens (tertiary/aromatic N) is 1. The van der Waals surface area contributed by atoms with Crippen LogP contribution < -0.4 is 5.32 Å². The highest BCUT2D eigenvalue weighted by Crippen LogP contribution is 2.17. The summed E-state index contributed by atoms with van der Waals surface area (Å²) in [7, 11) is 0. The van der Waals surface area contributed by atoms with Crippen LogP contribution >= 0.6 is 0 Å². The number of carbonyl (C=O) groups excluding carboxylic acids is 1. The SMILES string of the molecule is O=C(NC[C@H](O)c1ccncc1)c1c[nH]c2ccccc12. The van der Waals surface area contributed by atoms with Gasteiger partial charge in [-0.3, -0.25) is 9.78 Å². The average Bonchev–Trinajstić information content (AvgIpc) is 2.97. The number of aliphatic hydroxyl groups excluding tert-OH is 1. The first kappa shape index (κ1) is 13.3. The number of nitrogens with one attached hydrogen (secondary N) is 2. The highest BCUT2D eigenvalue weighted by molar-refractivity contribution is 6.06. The monoisotopic (exact) mass is 281 g/mol. The van der Waals surface area contributed by atoms with Gasteiger partial charge in [-0.2, -0.15) is 0 Å². The molecule has 0 bridgehead atoms. The Hall–Kier alpha value is -2.66. The van der Waals surface area contributed by atoms with E-state index in [0.717, 1.165) is 16.5 Å². The van der Waals surface area contributed by atoms with Gasteiger partial charge in [0.15, 0.2) is 0 Å². The average molecular weight is 281 g/mol. The molecule has 0 saturated carbocycles. The van der Waals surface area contributed by atoms with Crippen molar-refractivity contribution in [2.45, 2.75) is 6.10 Å². The van der Waals surface area contributed by atoms with Gasteiger partial charge in [0, 0.05) is 36.0 Å². The molecule has 0 saturated heterocycles. The predicted molar refractivity (Wildman–Crippen MR) is 79.8 cm³/mol. The van der Waals surface area contributed by atoms with Crippen molar-refractivity contribution >= 4 is 16.8 Å². The van der Waals surface area contributed by atoms with Gasteiger partial charge in [-0.05, 0) is 23.8 Å². The van der Waals surface area contributed by atoms with E-state index in [2.05, 4.69) is 15.3 Å². The zero-order chi connectivity index (χ0) is 14.7. The first-order valence-corrected chi connectivity index (χ1v) is 6.68. The Bertz CT molecular complexity index is 752. The standard InChI is InChI=1S/C16H15N3O2/c20-15(11-5-7-17-8-6-11)10-19-16(21)13-9-18-14-4-2-1-3-12(13)14/h1-9,15,18,20H,10H2,(H,19,21)/t15-/m0/s1. The third-order valence-electron chi connectivity index (χ3n) is 3.38. The van der Waals surface area contributed by atoms with Crippen molar-refractivity contribution in [3.05, 3.63) is 66.1 Å². The fourth-order valence-corrected chi connectivity index (χ4v) is 2.25. The summed E-state index contributed by atoms with van der Waals surface area (Å²) >= 11 is 0. The molecular weight excluding hydrogens is 266 g/mol. The van der Waals surface area contributed by atoms with Crippen molar-refractivity contribution in [2.24, 2.45) is 0 Å². The zero-order valence-electron chi connectivity index (χ0n) is 11.3. The molecule has 3 N–H and O–H groups in total. The summed E-state index contributed by atoms with van der Waals surface area (Å²) in [4.78, 5) is 19.2. The van der Waals surface area contributed by atoms with E-state index in [4.69, 9.17) is 0 Å². The summed E-state index contributed by atoms with van der Waals surface area (Å²) in [5.74, 6) is -0.208. The molecule has 21 heavy (non-hydrogen) atoms. The molecule has 3 rings (SSSR count). The van der Waals surface area contributed by atoms with Gasteiger partial charge in [0.05, 0.1) is 11.7 Å². The van der Waals surface area contributed by atoms with Crippen LogP contribution in [0.4, 0.5) is 0 Å². The smallest absolute Gasteiger partial charge is 0.253 e. The lowest BCUT2D eigenvalue weighted by Gasteiger charge is -2.11. The number of H-pyrrole nitrogens is 1. The number of carbonyl (C=O) groups is 1. The van der Waals surface area contributed by atoms with Gasteiger partial charge in [0.1, 0.15) is 0 Å². The summed E-state index contributed by atoms with van der Waals surface area (Å²) in [6, 6.07) is 11.1. The van der Waals surface area contributed by atoms with Crippen molar-refractivity contribution < 1.29 is 9.90 Å². The summed E-state index contributed by atoms with van der Waals surface area (Å²) in [5.41, 5.74) is 2.22. The minimum atomic E-state index is -0.748. The number of rotatable bonds is 4. The lowest BCUT2D eigenvalue weighted by molar-refractivity contribution is 0.0918. The number of hydrogen-bond donors (Lipinski definition) is 3. The second-order valence-electron chi connectivity index (χ2n) is 4.75. The molecule has 0 fully saturated rings. The van der Waals surface area contributed by atoms with E-state index in [1.807, 2.05) is 24.3 Å². The molecule has 2 heterocycles. The van der Waals surface area contributed by atoms with Crippen LogP contribution in [0.5, 0.6) is 0 Å². The molecular formula is C16H15N3O2. The molecule has 0 aliphatic heterocycles. The predicted octanol–water partition coefficient (Wildman–Crippen LogP) is 2.03. The molecule has 0 aliphatic carbocycles. The minimum Gasteiger partial charge on any atom is -0.387 e. The molecule has 1 aromatic carbocycles. The van der Waals surface area contributed by atoms with E-state index in [-0.39, 0.29) is 12.5 Å². The topological polar surface area (TPSA) is 78.0 Å². The van der Waals surface area contributed by atoms with E-state index in [0.29, 0.717) is 5.56 Å². The molecule has 5 nitrogen and oxygen atoms in total. The number of pyridine rings is 1. The van der Waals surface area contributed by atoms with Crippen LogP contribution in [0.25, 0.3) is 10.9 Å². The van der Waals surface area contributed by atoms with Gasteiger partial charge >= 0.3 is 0 Å². The third-order valence-corrected chi connectivity index (χ3v) is 3.38. The summed E-state index contributed by atoms with van der Waals surface area (Å²) in [6.07, 6.45) is 4.15. The number of para-hydroxylation sites is 1. The van der Waals surface area contributed by atoms with Crippen LogP contribution in [0.3, 0.4) is 0 Å². The van der Waals surface area contributed by atoms with Gasteiger partial charge in [-0.15, -0.1) is 0 Å². The second kappa shape index (κ2) is 5.76. The molecule has 5 heteroatoms. The molecule has 0 spiro atoms. The third kappa shape index (κ3) is 2.78. The molecule has 1 amide bonds. The number of aromatic nitrogens is 2. The van der Waals surface area contributed by atoms with Gasteiger partial charge in [0.2, 0.25) is 0 Å². The van der Waals surface area contributed by atoms with Crippen LogP contribution in [0.2, 0.25) is 0 Å². The fraction of sp³-hybridized carbons (Fsp3) is 0.125. The van der Waals surface area contributed by atoms with Crippen molar-refractivity contribution in [3.63, 3.8) is 0 Å². The van der Waals surface area contributed by atoms with Gasteiger partial charge in [-0.1, -0.05) is 18.2 Å². The molecule has 0 radical (unpaired) electrons. The first-order valence-electron chi connectivity index (χ1n) is 6.68. The van der Waals surface area contributed by atoms with Gasteiger partial charge in [0.25, 0.3) is 5.91 Å². The summed E-state index contributed by atoms with van der Waals surface area (Å²) < 4.78 is 0. The van der Waals surface area contributed by atoms with Gasteiger partial charge in [-0.25, -0.2) is 0 Å². The van der Waals surface area contributed by atoms with Crippen LogP contribution in [0.15, 0.2) is 55.0 Å². The fourth-order valence-electron chi connectivity index (χ4n) is 2.25. The number of benzene rings is 1. The maximum absolute atomic E-state index is 12.2. The Labute approximate surface area is 121 Å². The molecule has 0 aliphatic rings. The van der Waals surface area contributed by atoms with E-state index in [9.17, 15) is 9.90 Å². The van der Waals surface area contributed by atoms with Crippen molar-refractivity contribution in [3.8, 4) is 0 Å². The maximum Gasteiger partial charge on any atom is 0.253 e. The Balaban J connectivity index is 1.70. The molecule has 3 aromatic rings. The Morgan fingerprint density at radius 2 is 2.00 bits per heavy atom. The lowest BCUT2D eigenvalue weighted by atomic mass is 10.1. The van der Waals surface area contributed by atoms with Crippen LogP contribution in [-0.2, 0) is 0 Å². The molecule has 1 atom stereocenters. The van der Waals surface area contributed by atoms with E-state index in [1.54, 1.807) is 30.7 Å². The number of hydrogen-bond acceptors (Lipinski definition) is 3. The van der Waals surface area contributed by atoms with Crippen LogP contribution in [0, 0.1) is 0 Å². The largest absolute Gasteiger partial charge is 0.387 e. The Morgan fingerprint density at radius 1 is 1.24 bits per heavy atom. The summed E-state index contributed by atoms with van der Waals surface area (Å²) in [6.45, 7) is 0.155. The van der Waals surface area contributed by atoms with E-state index < -0.39 is 6.10 Å². The van der Waals surface area contributed by atoms with Crippen molar-refractivity contribution in [1.29, 1.82) is 0 Å². The molecule has 0 unspecified atom stereocenters. The van der Waals surface area contributed by atoms with E-state index >= 15 is 0 Å². The van der Waals surface area contributed by atoms with E-state index in [1.165, 1.54) is 0 Å². The summed E-state index contributed by atoms with van der Waals surface area (Å²) in [5, 5.41) is 13.6. The Morgan fingerprint density at radius 3 is 2.81 bits per heavy atom. The zero-order valence-corrected chi connectivity index (χ0v) is 11.3. The number of amides is 1. The quantitative estimate of drug-likeness (QED) is 0.684. The van der Waals surface area contributed by atoms with Gasteiger partial charge < -0.3 is 15.4 Å². The van der Waals surface area contributed by atoms with Crippen molar-refractivity contribution in [1.82, 2.24) is 15.3 Å². The maximum atomic E-state index is 12.2. The highest BCUT2D eigenvalue weighted by Gasteiger charge is 2.13. The van der Waals surface area contributed by atoms with Crippen LogP contribution in [-0.4, -0.2) is 27.5 Å². The highest BCUT2D eigenvalue weighted by atomic mass is 16.3. The Kier molecular flexibility index (Phi) is 3.66. The van der Waals surface area contributed by atoms with Crippen molar-refractivity contribution in [2.75, 3.05) is 6.54 Å². The molecule has 106 valence electrons. The van der Waals surface area contributed by atoms with Crippen LogP contribution in [0.1, 0.15) is 22.0 Å². The number of fused-ring (bicyclic) bond motifs is 1. The second-order valence-corrected chi connectivity index (χ2v) is 4.75. The lowest BCUT2D eigenvalue weighted by Crippen LogP contribution is -2.28. The minimum absolute atomic E-state index is 0.155. The molecule has 2 aromatic heterocycles. The normalized spacial score (nSPS) is 12.2.